The summed E-state index contributed by atoms with van der Waals surface area (Å²) >= 11 is 0. The van der Waals surface area contributed by atoms with Gasteiger partial charge in [0.15, 0.2) is 0 Å². The van der Waals surface area contributed by atoms with Crippen LogP contribution in [-0.2, 0) is 4.74 Å². The molecular formula is C8H15NO2. The fraction of sp³-hybridized carbons (Fsp3) is 0.875. The van der Waals surface area contributed by atoms with E-state index in [4.69, 9.17) is 0 Å². The number of rotatable bonds is 2. The number of nitrogens with one attached hydrogen (secondary N) is 1. The predicted octanol–water partition coefficient (Wildman–Crippen LogP) is 1.53. The van der Waals surface area contributed by atoms with Gasteiger partial charge in [-0.2, -0.15) is 0 Å². The van der Waals surface area contributed by atoms with Gasteiger partial charge in [0.05, 0.1) is 7.11 Å². The zero-order valence-electron chi connectivity index (χ0n) is 7.09. The lowest BCUT2D eigenvalue weighted by Gasteiger charge is -2.31. The zero-order chi connectivity index (χ0) is 8.27. The number of ether oxygens (including phenoxy) is 1. The Kier molecular flexibility index (Phi) is 2.74. The average Bonchev–Trinajstić information content (AvgIpc) is 1.83. The number of carbonyl (C=O) groups is 1. The molecule has 0 bridgehead atoms. The van der Waals surface area contributed by atoms with Crippen molar-refractivity contribution < 1.29 is 9.53 Å². The highest BCUT2D eigenvalue weighted by Crippen LogP contribution is 2.29. The van der Waals surface area contributed by atoms with Gasteiger partial charge in [-0.05, 0) is 25.7 Å². The van der Waals surface area contributed by atoms with Crippen molar-refractivity contribution in [3.63, 3.8) is 0 Å². The van der Waals surface area contributed by atoms with E-state index in [0.29, 0.717) is 5.92 Å². The molecule has 3 heteroatoms. The molecule has 1 aliphatic carbocycles. The van der Waals surface area contributed by atoms with Crippen molar-refractivity contribution in [1.29, 1.82) is 0 Å². The smallest absolute Gasteiger partial charge is 0.407 e. The molecule has 0 saturated heterocycles. The van der Waals surface area contributed by atoms with E-state index in [1.54, 1.807) is 0 Å². The lowest BCUT2D eigenvalue weighted by molar-refractivity contribution is 0.154. The van der Waals surface area contributed by atoms with Crippen LogP contribution < -0.4 is 5.32 Å². The van der Waals surface area contributed by atoms with Crippen LogP contribution in [0.4, 0.5) is 4.79 Å². The van der Waals surface area contributed by atoms with E-state index >= 15 is 0 Å². The number of amides is 1. The van der Waals surface area contributed by atoms with Crippen LogP contribution in [-0.4, -0.2) is 19.2 Å². The maximum Gasteiger partial charge on any atom is 0.407 e. The molecule has 1 saturated carbocycles. The lowest BCUT2D eigenvalue weighted by Crippen LogP contribution is -2.40. The Morgan fingerprint density at radius 1 is 1.64 bits per heavy atom. The summed E-state index contributed by atoms with van der Waals surface area (Å²) < 4.78 is 4.49. The standard InChI is InChI=1S/C8H15NO2/c1-6(7-4-3-5-7)9-8(10)11-2/h6-7H,3-5H2,1-2H3,(H,9,10)/t6-/m1/s1. The van der Waals surface area contributed by atoms with E-state index < -0.39 is 0 Å². The third kappa shape index (κ3) is 2.10. The first kappa shape index (κ1) is 8.37. The molecule has 11 heavy (non-hydrogen) atoms. The molecule has 3 nitrogen and oxygen atoms in total. The highest BCUT2D eigenvalue weighted by atomic mass is 16.5. The van der Waals surface area contributed by atoms with E-state index in [1.165, 1.54) is 26.4 Å². The molecule has 0 aromatic rings. The van der Waals surface area contributed by atoms with E-state index in [9.17, 15) is 4.79 Å². The Bertz CT molecular complexity index is 143. The summed E-state index contributed by atoms with van der Waals surface area (Å²) in [6.45, 7) is 2.03. The Morgan fingerprint density at radius 3 is 2.64 bits per heavy atom. The van der Waals surface area contributed by atoms with Crippen molar-refractivity contribution >= 4 is 6.09 Å². The van der Waals surface area contributed by atoms with Gasteiger partial charge in [-0.3, -0.25) is 0 Å². The quantitative estimate of drug-likeness (QED) is 0.660. The summed E-state index contributed by atoms with van der Waals surface area (Å²) in [4.78, 5) is 10.7. The molecule has 1 fully saturated rings. The second-order valence-electron chi connectivity index (χ2n) is 3.12. The minimum absolute atomic E-state index is 0.274. The first-order chi connectivity index (χ1) is 5.24. The SMILES string of the molecule is COC(=O)N[C@H](C)C1CCC1. The lowest BCUT2D eigenvalue weighted by atomic mass is 9.80. The van der Waals surface area contributed by atoms with Crippen LogP contribution in [0.1, 0.15) is 26.2 Å². The average molecular weight is 157 g/mol. The number of methoxy groups -OCH3 is 1. The van der Waals surface area contributed by atoms with E-state index in [0.717, 1.165) is 0 Å². The molecule has 0 aromatic carbocycles. The van der Waals surface area contributed by atoms with E-state index in [-0.39, 0.29) is 12.1 Å². The molecule has 1 N–H and O–H groups in total. The first-order valence-electron chi connectivity index (χ1n) is 4.08. The summed E-state index contributed by atoms with van der Waals surface area (Å²) in [6.07, 6.45) is 3.47. The second-order valence-corrected chi connectivity index (χ2v) is 3.12. The summed E-state index contributed by atoms with van der Waals surface area (Å²) in [6, 6.07) is 0.274. The van der Waals surface area contributed by atoms with Crippen molar-refractivity contribution in [3.8, 4) is 0 Å². The van der Waals surface area contributed by atoms with Gasteiger partial charge in [-0.15, -0.1) is 0 Å². The molecule has 0 aromatic heterocycles. The largest absolute Gasteiger partial charge is 0.453 e. The van der Waals surface area contributed by atoms with Crippen LogP contribution >= 0.6 is 0 Å². The van der Waals surface area contributed by atoms with Crippen LogP contribution in [0.15, 0.2) is 0 Å². The van der Waals surface area contributed by atoms with Crippen LogP contribution in [0, 0.1) is 5.92 Å². The molecule has 1 atom stereocenters. The van der Waals surface area contributed by atoms with Gasteiger partial charge in [0, 0.05) is 6.04 Å². The molecule has 0 aliphatic heterocycles. The molecule has 1 rings (SSSR count). The maximum atomic E-state index is 10.7. The molecule has 0 unspecified atom stereocenters. The molecule has 0 radical (unpaired) electrons. The Balaban J connectivity index is 2.19. The van der Waals surface area contributed by atoms with Crippen LogP contribution in [0.5, 0.6) is 0 Å². The third-order valence-electron chi connectivity index (χ3n) is 2.39. The van der Waals surface area contributed by atoms with Crippen molar-refractivity contribution in [3.05, 3.63) is 0 Å². The van der Waals surface area contributed by atoms with Gasteiger partial charge < -0.3 is 10.1 Å². The summed E-state index contributed by atoms with van der Waals surface area (Å²) in [5.41, 5.74) is 0. The molecule has 1 aliphatic rings. The van der Waals surface area contributed by atoms with Gasteiger partial charge >= 0.3 is 6.09 Å². The minimum atomic E-state index is -0.315. The molecule has 1 amide bonds. The van der Waals surface area contributed by atoms with Crippen molar-refractivity contribution in [2.75, 3.05) is 7.11 Å². The molecular weight excluding hydrogens is 142 g/mol. The van der Waals surface area contributed by atoms with Crippen LogP contribution in [0.3, 0.4) is 0 Å². The topological polar surface area (TPSA) is 38.3 Å². The second kappa shape index (κ2) is 3.60. The Morgan fingerprint density at radius 2 is 2.27 bits per heavy atom. The fourth-order valence-corrected chi connectivity index (χ4v) is 1.30. The molecule has 0 heterocycles. The number of alkyl carbamates (subject to hydrolysis) is 1. The monoisotopic (exact) mass is 157 g/mol. The molecule has 64 valence electrons. The van der Waals surface area contributed by atoms with Crippen molar-refractivity contribution in [1.82, 2.24) is 5.32 Å². The van der Waals surface area contributed by atoms with Gasteiger partial charge in [0.1, 0.15) is 0 Å². The first-order valence-corrected chi connectivity index (χ1v) is 4.08. The predicted molar refractivity (Wildman–Crippen MR) is 42.3 cm³/mol. The van der Waals surface area contributed by atoms with E-state index in [1.807, 2.05) is 6.92 Å². The van der Waals surface area contributed by atoms with E-state index in [2.05, 4.69) is 10.1 Å². The fourth-order valence-electron chi connectivity index (χ4n) is 1.30. The summed E-state index contributed by atoms with van der Waals surface area (Å²) in [5, 5.41) is 2.77. The van der Waals surface area contributed by atoms with Gasteiger partial charge in [-0.1, -0.05) is 6.42 Å². The molecule has 0 spiro atoms. The van der Waals surface area contributed by atoms with Gasteiger partial charge in [0.25, 0.3) is 0 Å². The van der Waals surface area contributed by atoms with Crippen molar-refractivity contribution in [2.24, 2.45) is 5.92 Å². The third-order valence-corrected chi connectivity index (χ3v) is 2.39. The maximum absolute atomic E-state index is 10.7. The Hall–Kier alpha value is -0.730. The van der Waals surface area contributed by atoms with Crippen LogP contribution in [0.2, 0.25) is 0 Å². The number of carbonyl (C=O) groups excluding carboxylic acids is 1. The van der Waals surface area contributed by atoms with Gasteiger partial charge in [-0.25, -0.2) is 4.79 Å². The van der Waals surface area contributed by atoms with Crippen LogP contribution in [0.25, 0.3) is 0 Å². The van der Waals surface area contributed by atoms with Crippen molar-refractivity contribution in [2.45, 2.75) is 32.2 Å². The highest BCUT2D eigenvalue weighted by Gasteiger charge is 2.24. The highest BCUT2D eigenvalue weighted by molar-refractivity contribution is 5.67. The normalized spacial score (nSPS) is 20.2. The zero-order valence-corrected chi connectivity index (χ0v) is 7.09. The number of hydrogen-bond donors (Lipinski definition) is 1. The van der Waals surface area contributed by atoms with Gasteiger partial charge in [0.2, 0.25) is 0 Å². The minimum Gasteiger partial charge on any atom is -0.453 e. The number of hydrogen-bond acceptors (Lipinski definition) is 2. The summed E-state index contributed by atoms with van der Waals surface area (Å²) in [7, 11) is 1.39. The Labute approximate surface area is 67.1 Å². The summed E-state index contributed by atoms with van der Waals surface area (Å²) in [5.74, 6) is 0.675.